The Hall–Kier alpha value is -5.58. The topological polar surface area (TPSA) is 0 Å². The summed E-state index contributed by atoms with van der Waals surface area (Å²) in [5, 5.41) is 8.01. The first kappa shape index (κ1) is 40.2. The van der Waals surface area contributed by atoms with Crippen LogP contribution in [0.25, 0.3) is 105 Å². The molecule has 0 saturated carbocycles. The molecule has 8 aromatic carbocycles. The number of hydrogen-bond acceptors (Lipinski definition) is 3. The van der Waals surface area contributed by atoms with Gasteiger partial charge in [-0.05, 0) is 108 Å². The average Bonchev–Trinajstić information content (AvgIpc) is 3.95. The van der Waals surface area contributed by atoms with E-state index >= 15 is 0 Å². The van der Waals surface area contributed by atoms with Crippen LogP contribution in [0.2, 0.25) is 0 Å². The number of benzene rings is 8. The lowest BCUT2D eigenvalue weighted by Gasteiger charge is -2.32. The molecule has 0 spiro atoms. The van der Waals surface area contributed by atoms with Crippen molar-refractivity contribution in [1.29, 1.82) is 0 Å². The highest BCUT2D eigenvalue weighted by molar-refractivity contribution is 7.27. The van der Waals surface area contributed by atoms with Gasteiger partial charge in [-0.3, -0.25) is 0 Å². The lowest BCUT2D eigenvalue weighted by molar-refractivity contribution is 0.531. The molecule has 3 heteroatoms. The SMILES string of the molecule is CC(C)(C)c1cccc(-c2cccc3sc4cc(-c5cc(-c6cccc(-c7cccc8c7sc7ccccc78)c6C(C)(C)C)c6sc7ccccc7c6c5)ccc4c23)c1C(C)(C)C. The average molecular weight is 869 g/mol. The van der Waals surface area contributed by atoms with Crippen LogP contribution in [-0.4, -0.2) is 0 Å². The van der Waals surface area contributed by atoms with Crippen molar-refractivity contribution >= 4 is 94.5 Å². The van der Waals surface area contributed by atoms with E-state index in [4.69, 9.17) is 0 Å². The Balaban J connectivity index is 1.14. The minimum atomic E-state index is -0.128. The maximum absolute atomic E-state index is 2.50. The van der Waals surface area contributed by atoms with Gasteiger partial charge in [-0.2, -0.15) is 0 Å². The molecule has 11 rings (SSSR count). The molecule has 0 saturated heterocycles. The zero-order valence-corrected chi connectivity index (χ0v) is 40.1. The molecule has 0 aliphatic heterocycles. The van der Waals surface area contributed by atoms with Crippen LogP contribution in [0, 0.1) is 0 Å². The van der Waals surface area contributed by atoms with E-state index in [1.807, 2.05) is 34.0 Å². The van der Waals surface area contributed by atoms with E-state index in [1.54, 1.807) is 0 Å². The van der Waals surface area contributed by atoms with Gasteiger partial charge in [0.1, 0.15) is 0 Å². The fourth-order valence-corrected chi connectivity index (χ4v) is 14.0. The first-order valence-electron chi connectivity index (χ1n) is 22.2. The van der Waals surface area contributed by atoms with Crippen molar-refractivity contribution in [3.8, 4) is 44.5 Å². The molecule has 3 heterocycles. The van der Waals surface area contributed by atoms with E-state index in [2.05, 4.69) is 214 Å². The zero-order valence-electron chi connectivity index (χ0n) is 37.7. The Labute approximate surface area is 383 Å². The van der Waals surface area contributed by atoms with Crippen LogP contribution in [0.4, 0.5) is 0 Å². The summed E-state index contributed by atoms with van der Waals surface area (Å²) >= 11 is 5.77. The van der Waals surface area contributed by atoms with E-state index in [-0.39, 0.29) is 16.2 Å². The Bertz CT molecular complexity index is 3620. The van der Waals surface area contributed by atoms with Crippen LogP contribution in [0.5, 0.6) is 0 Å². The van der Waals surface area contributed by atoms with Gasteiger partial charge in [0.15, 0.2) is 0 Å². The van der Waals surface area contributed by atoms with E-state index in [9.17, 15) is 0 Å². The second kappa shape index (κ2) is 14.5. The maximum atomic E-state index is 2.50. The summed E-state index contributed by atoms with van der Waals surface area (Å²) in [6.07, 6.45) is 0. The lowest BCUT2D eigenvalue weighted by Crippen LogP contribution is -2.23. The molecular formula is C60H52S3. The van der Waals surface area contributed by atoms with Crippen LogP contribution >= 0.6 is 34.0 Å². The summed E-state index contributed by atoms with van der Waals surface area (Å²) in [6, 6.07) is 57.8. The monoisotopic (exact) mass is 868 g/mol. The minimum absolute atomic E-state index is 0.0130. The van der Waals surface area contributed by atoms with Gasteiger partial charge >= 0.3 is 0 Å². The van der Waals surface area contributed by atoms with Gasteiger partial charge in [-0.25, -0.2) is 0 Å². The second-order valence-corrected chi connectivity index (χ2v) is 23.7. The molecule has 0 atom stereocenters. The van der Waals surface area contributed by atoms with Crippen molar-refractivity contribution in [3.63, 3.8) is 0 Å². The normalized spacial score (nSPS) is 12.8. The van der Waals surface area contributed by atoms with Crippen LogP contribution in [0.15, 0.2) is 152 Å². The van der Waals surface area contributed by atoms with Crippen LogP contribution in [-0.2, 0) is 16.2 Å². The molecule has 63 heavy (non-hydrogen) atoms. The lowest BCUT2D eigenvalue weighted by atomic mass is 9.72. The van der Waals surface area contributed by atoms with Crippen LogP contribution in [0.3, 0.4) is 0 Å². The third kappa shape index (κ3) is 6.57. The van der Waals surface area contributed by atoms with Crippen molar-refractivity contribution in [2.45, 2.75) is 78.6 Å². The number of rotatable bonds is 4. The molecule has 0 radical (unpaired) electrons. The summed E-state index contributed by atoms with van der Waals surface area (Å²) in [5.41, 5.74) is 14.6. The van der Waals surface area contributed by atoms with Gasteiger partial charge in [0.2, 0.25) is 0 Å². The van der Waals surface area contributed by atoms with Crippen molar-refractivity contribution in [2.75, 3.05) is 0 Å². The van der Waals surface area contributed by atoms with Gasteiger partial charge in [-0.1, -0.05) is 178 Å². The highest BCUT2D eigenvalue weighted by Crippen LogP contribution is 2.51. The van der Waals surface area contributed by atoms with Crippen LogP contribution in [0.1, 0.15) is 79.0 Å². The molecule has 0 unspecified atom stereocenters. The fourth-order valence-electron chi connectivity index (χ4n) is 10.4. The standard InChI is InChI=1S/C60H52S3/c1-58(2,3)48-26-16-23-40(55(48)60(7,8)9)39-20-17-29-51-53(39)45-31-30-35(34-52(45)61-51)36-32-46-38-19-11-13-28-50(38)63-57(46)47(33-36)42-22-14-21-41(54(42)59(4,5)6)44-25-15-24-43-37-18-10-12-27-49(37)62-56(43)44/h10-34H,1-9H3. The predicted octanol–water partition coefficient (Wildman–Crippen LogP) is 19.4. The molecule has 0 amide bonds. The predicted molar refractivity (Wildman–Crippen MR) is 283 cm³/mol. The molecule has 0 aliphatic carbocycles. The van der Waals surface area contributed by atoms with Gasteiger partial charge in [-0.15, -0.1) is 34.0 Å². The number of hydrogen-bond donors (Lipinski definition) is 0. The molecule has 0 bridgehead atoms. The van der Waals surface area contributed by atoms with Gasteiger partial charge in [0.25, 0.3) is 0 Å². The zero-order chi connectivity index (χ0) is 43.6. The summed E-state index contributed by atoms with van der Waals surface area (Å²) in [4.78, 5) is 0. The van der Waals surface area contributed by atoms with E-state index in [0.29, 0.717) is 0 Å². The fraction of sp³-hybridized carbons (Fsp3) is 0.200. The van der Waals surface area contributed by atoms with Crippen molar-refractivity contribution in [2.24, 2.45) is 0 Å². The number of fused-ring (bicyclic) bond motifs is 9. The third-order valence-corrected chi connectivity index (χ3v) is 16.6. The minimum Gasteiger partial charge on any atom is -0.135 e. The van der Waals surface area contributed by atoms with E-state index in [0.717, 1.165) is 0 Å². The summed E-state index contributed by atoms with van der Waals surface area (Å²) in [7, 11) is 0. The largest absolute Gasteiger partial charge is 0.135 e. The first-order chi connectivity index (χ1) is 30.1. The first-order valence-corrected chi connectivity index (χ1v) is 24.7. The van der Waals surface area contributed by atoms with Gasteiger partial charge < -0.3 is 0 Å². The maximum Gasteiger partial charge on any atom is 0.0434 e. The van der Waals surface area contributed by atoms with Gasteiger partial charge in [0.05, 0.1) is 0 Å². The Morgan fingerprint density at radius 3 is 1.51 bits per heavy atom. The summed E-state index contributed by atoms with van der Waals surface area (Å²) in [6.45, 7) is 21.3. The molecular weight excluding hydrogens is 817 g/mol. The Morgan fingerprint density at radius 2 is 0.825 bits per heavy atom. The van der Waals surface area contributed by atoms with Gasteiger partial charge in [0, 0.05) is 66.1 Å². The molecule has 0 nitrogen and oxygen atoms in total. The third-order valence-electron chi connectivity index (χ3n) is 13.0. The van der Waals surface area contributed by atoms with Crippen molar-refractivity contribution < 1.29 is 0 Å². The Kier molecular flexibility index (Phi) is 9.24. The highest BCUT2D eigenvalue weighted by atomic mass is 32.1. The number of thiophene rings is 3. The van der Waals surface area contributed by atoms with E-state index in [1.165, 1.54) is 122 Å². The van der Waals surface area contributed by atoms with Crippen molar-refractivity contribution in [3.05, 3.63) is 168 Å². The Morgan fingerprint density at radius 1 is 0.302 bits per heavy atom. The van der Waals surface area contributed by atoms with Crippen LogP contribution < -0.4 is 0 Å². The second-order valence-electron chi connectivity index (χ2n) is 20.5. The quantitative estimate of drug-likeness (QED) is 0.165. The molecule has 0 aliphatic rings. The molecule has 3 aromatic heterocycles. The van der Waals surface area contributed by atoms with Crippen molar-refractivity contribution in [1.82, 2.24) is 0 Å². The summed E-state index contributed by atoms with van der Waals surface area (Å²) in [5.74, 6) is 0. The van der Waals surface area contributed by atoms with E-state index < -0.39 is 0 Å². The molecule has 310 valence electrons. The molecule has 0 N–H and O–H groups in total. The highest BCUT2D eigenvalue weighted by Gasteiger charge is 2.30. The molecule has 0 fully saturated rings. The summed E-state index contributed by atoms with van der Waals surface area (Å²) < 4.78 is 8.03. The smallest absolute Gasteiger partial charge is 0.0434 e. The molecule has 11 aromatic rings.